The first kappa shape index (κ1) is 24.6. The Morgan fingerprint density at radius 1 is 1.22 bits per heavy atom. The van der Waals surface area contributed by atoms with Gasteiger partial charge in [-0.1, -0.05) is 6.07 Å². The molecule has 1 unspecified atom stereocenters. The van der Waals surface area contributed by atoms with Crippen LogP contribution in [0.15, 0.2) is 41.0 Å². The molecular weight excluding hydrogens is 414 g/mol. The maximum atomic E-state index is 12.6. The minimum atomic E-state index is -0.798. The highest BCUT2D eigenvalue weighted by Gasteiger charge is 2.36. The van der Waals surface area contributed by atoms with Crippen LogP contribution in [0.25, 0.3) is 0 Å². The van der Waals surface area contributed by atoms with E-state index in [0.717, 1.165) is 0 Å². The molecule has 1 aromatic carbocycles. The van der Waals surface area contributed by atoms with E-state index in [1.165, 1.54) is 7.11 Å². The number of amides is 1. The monoisotopic (exact) mass is 443 g/mol. The second kappa shape index (κ2) is 11.1. The van der Waals surface area contributed by atoms with Crippen LogP contribution < -0.4 is 15.2 Å². The van der Waals surface area contributed by atoms with Gasteiger partial charge < -0.3 is 29.6 Å². The number of nitrogens with zero attached hydrogens (tertiary/aromatic N) is 2. The molecular formula is C23H29N3O6. The molecule has 0 saturated heterocycles. The summed E-state index contributed by atoms with van der Waals surface area (Å²) in [6.07, 6.45) is 0. The van der Waals surface area contributed by atoms with Crippen molar-refractivity contribution in [1.29, 1.82) is 5.26 Å². The van der Waals surface area contributed by atoms with Gasteiger partial charge in [-0.25, -0.2) is 4.79 Å². The lowest BCUT2D eigenvalue weighted by molar-refractivity contribution is -0.139. The van der Waals surface area contributed by atoms with Crippen molar-refractivity contribution in [2.75, 3.05) is 33.4 Å². The van der Waals surface area contributed by atoms with Gasteiger partial charge in [-0.05, 0) is 45.4 Å². The maximum Gasteiger partial charge on any atom is 0.338 e. The number of hydrogen-bond acceptors (Lipinski definition) is 8. The summed E-state index contributed by atoms with van der Waals surface area (Å²) in [7, 11) is 1.46. The van der Waals surface area contributed by atoms with Gasteiger partial charge in [-0.15, -0.1) is 0 Å². The van der Waals surface area contributed by atoms with E-state index in [2.05, 4.69) is 0 Å². The normalized spacial score (nSPS) is 15.6. The van der Waals surface area contributed by atoms with E-state index < -0.39 is 11.9 Å². The highest BCUT2D eigenvalue weighted by molar-refractivity contribution is 5.92. The van der Waals surface area contributed by atoms with Gasteiger partial charge in [-0.2, -0.15) is 5.26 Å². The fourth-order valence-corrected chi connectivity index (χ4v) is 3.48. The molecule has 1 aliphatic heterocycles. The van der Waals surface area contributed by atoms with E-state index in [-0.39, 0.29) is 41.9 Å². The van der Waals surface area contributed by atoms with Crippen LogP contribution in [-0.4, -0.2) is 50.2 Å². The third-order valence-electron chi connectivity index (χ3n) is 5.09. The Kier molecular flexibility index (Phi) is 8.53. The number of allylic oxidation sites excluding steroid dienone is 2. The van der Waals surface area contributed by atoms with Crippen LogP contribution in [0.4, 0.5) is 0 Å². The zero-order chi connectivity index (χ0) is 23.8. The van der Waals surface area contributed by atoms with Crippen molar-refractivity contribution in [1.82, 2.24) is 4.90 Å². The second-order valence-corrected chi connectivity index (χ2v) is 6.88. The molecule has 2 rings (SSSR count). The molecule has 32 heavy (non-hydrogen) atoms. The first-order valence-electron chi connectivity index (χ1n) is 10.4. The lowest BCUT2D eigenvalue weighted by Crippen LogP contribution is -2.34. The standard InChI is InChI=1S/C23H29N3O6/c1-6-26(7-2)19(27)13-31-17-10-9-15(11-18(17)29-5)21-16(12-24)22(25)32-14(4)20(21)23(28)30-8-3/h9-11,21H,6-8,13,25H2,1-5H3. The van der Waals surface area contributed by atoms with Crippen LogP contribution in [0.3, 0.4) is 0 Å². The van der Waals surface area contributed by atoms with Crippen LogP contribution in [-0.2, 0) is 19.1 Å². The zero-order valence-corrected chi connectivity index (χ0v) is 19.1. The number of rotatable bonds is 9. The molecule has 172 valence electrons. The number of benzene rings is 1. The molecule has 0 radical (unpaired) electrons. The van der Waals surface area contributed by atoms with Crippen molar-refractivity contribution in [2.24, 2.45) is 5.73 Å². The number of nitrogens with two attached hydrogens (primary N) is 1. The minimum Gasteiger partial charge on any atom is -0.493 e. The molecule has 0 spiro atoms. The van der Waals surface area contributed by atoms with Gasteiger partial charge in [0, 0.05) is 13.1 Å². The van der Waals surface area contributed by atoms with Gasteiger partial charge in [0.2, 0.25) is 5.88 Å². The Bertz CT molecular complexity index is 972. The van der Waals surface area contributed by atoms with Gasteiger partial charge in [0.05, 0.1) is 25.2 Å². The van der Waals surface area contributed by atoms with E-state index in [1.54, 1.807) is 36.9 Å². The fourth-order valence-electron chi connectivity index (χ4n) is 3.48. The van der Waals surface area contributed by atoms with Gasteiger partial charge >= 0.3 is 5.97 Å². The van der Waals surface area contributed by atoms with E-state index >= 15 is 0 Å². The third kappa shape index (κ3) is 5.14. The van der Waals surface area contributed by atoms with Crippen molar-refractivity contribution in [2.45, 2.75) is 33.6 Å². The molecule has 2 N–H and O–H groups in total. The number of ether oxygens (including phenoxy) is 4. The number of carbonyl (C=O) groups is 2. The van der Waals surface area contributed by atoms with Gasteiger partial charge in [-0.3, -0.25) is 4.79 Å². The summed E-state index contributed by atoms with van der Waals surface area (Å²) in [5.74, 6) is -0.652. The Balaban J connectivity index is 2.43. The van der Waals surface area contributed by atoms with E-state index in [0.29, 0.717) is 30.2 Å². The number of nitriles is 1. The summed E-state index contributed by atoms with van der Waals surface area (Å²) < 4.78 is 21.7. The van der Waals surface area contributed by atoms with Crippen LogP contribution in [0.1, 0.15) is 39.2 Å². The van der Waals surface area contributed by atoms with Gasteiger partial charge in [0.25, 0.3) is 5.91 Å². The second-order valence-electron chi connectivity index (χ2n) is 6.88. The highest BCUT2D eigenvalue weighted by Crippen LogP contribution is 2.42. The number of carbonyl (C=O) groups excluding carboxylic acids is 2. The van der Waals surface area contributed by atoms with Gasteiger partial charge in [0.1, 0.15) is 17.4 Å². The van der Waals surface area contributed by atoms with E-state index in [4.69, 9.17) is 24.7 Å². The first-order chi connectivity index (χ1) is 15.3. The number of hydrogen-bond donors (Lipinski definition) is 1. The number of esters is 1. The van der Waals surface area contributed by atoms with Crippen molar-refractivity contribution in [3.05, 3.63) is 46.6 Å². The Morgan fingerprint density at radius 3 is 2.47 bits per heavy atom. The highest BCUT2D eigenvalue weighted by atomic mass is 16.5. The molecule has 9 nitrogen and oxygen atoms in total. The largest absolute Gasteiger partial charge is 0.493 e. The predicted octanol–water partition coefficient (Wildman–Crippen LogP) is 2.59. The Morgan fingerprint density at radius 2 is 1.91 bits per heavy atom. The summed E-state index contributed by atoms with van der Waals surface area (Å²) in [5.41, 5.74) is 6.77. The molecule has 9 heteroatoms. The molecule has 0 saturated carbocycles. The molecule has 0 aromatic heterocycles. The Labute approximate surface area is 188 Å². The molecule has 1 aromatic rings. The molecule has 1 heterocycles. The summed E-state index contributed by atoms with van der Waals surface area (Å²) >= 11 is 0. The average Bonchev–Trinajstić information content (AvgIpc) is 2.78. The minimum absolute atomic E-state index is 0.0767. The average molecular weight is 444 g/mol. The number of likely N-dealkylation sites (N-methyl/N-ethyl adjacent to an activating group) is 1. The Hall–Kier alpha value is -3.67. The van der Waals surface area contributed by atoms with Gasteiger partial charge in [0.15, 0.2) is 18.1 Å². The van der Waals surface area contributed by atoms with Crippen molar-refractivity contribution < 1.29 is 28.5 Å². The lowest BCUT2D eigenvalue weighted by atomic mass is 9.83. The summed E-state index contributed by atoms with van der Waals surface area (Å²) in [6, 6.07) is 6.99. The topological polar surface area (TPSA) is 124 Å². The summed E-state index contributed by atoms with van der Waals surface area (Å²) in [6.45, 7) is 8.28. The molecule has 1 aliphatic rings. The van der Waals surface area contributed by atoms with E-state index in [9.17, 15) is 14.9 Å². The predicted molar refractivity (Wildman–Crippen MR) is 116 cm³/mol. The zero-order valence-electron chi connectivity index (χ0n) is 19.1. The smallest absolute Gasteiger partial charge is 0.338 e. The molecule has 0 bridgehead atoms. The van der Waals surface area contributed by atoms with Crippen molar-refractivity contribution in [3.8, 4) is 17.6 Å². The third-order valence-corrected chi connectivity index (χ3v) is 5.09. The lowest BCUT2D eigenvalue weighted by Gasteiger charge is -2.27. The summed E-state index contributed by atoms with van der Waals surface area (Å²) in [4.78, 5) is 26.6. The summed E-state index contributed by atoms with van der Waals surface area (Å²) in [5, 5.41) is 9.69. The molecule has 0 fully saturated rings. The fraction of sp³-hybridized carbons (Fsp3) is 0.435. The van der Waals surface area contributed by atoms with Crippen LogP contribution in [0, 0.1) is 11.3 Å². The molecule has 1 atom stereocenters. The van der Waals surface area contributed by atoms with E-state index in [1.807, 2.05) is 19.9 Å². The number of methoxy groups -OCH3 is 1. The quantitative estimate of drug-likeness (QED) is 0.578. The first-order valence-corrected chi connectivity index (χ1v) is 10.4. The SMILES string of the molecule is CCOC(=O)C1=C(C)OC(N)=C(C#N)C1c1ccc(OCC(=O)N(CC)CC)c(OC)c1. The molecule has 1 amide bonds. The van der Waals surface area contributed by atoms with Crippen LogP contribution in [0.2, 0.25) is 0 Å². The van der Waals surface area contributed by atoms with Crippen LogP contribution in [0.5, 0.6) is 11.5 Å². The molecule has 0 aliphatic carbocycles. The van der Waals surface area contributed by atoms with Crippen LogP contribution >= 0.6 is 0 Å². The van der Waals surface area contributed by atoms with Crippen molar-refractivity contribution >= 4 is 11.9 Å². The maximum absolute atomic E-state index is 12.6. The van der Waals surface area contributed by atoms with Crippen molar-refractivity contribution in [3.63, 3.8) is 0 Å².